The van der Waals surface area contributed by atoms with E-state index in [0.717, 1.165) is 0 Å². The fourth-order valence-corrected chi connectivity index (χ4v) is 3.56. The van der Waals surface area contributed by atoms with E-state index >= 15 is 0 Å². The zero-order valence-corrected chi connectivity index (χ0v) is 13.1. The predicted octanol–water partition coefficient (Wildman–Crippen LogP) is 4.63. The standard InChI is InChI=1S/C17H23NS/c1-5-6-14-7-9-15(10-8-14)17(18-4)16-11-12(2)13(3)19-16/h7-11,17-18H,5-6H2,1-4H3. The van der Waals surface area contributed by atoms with Crippen LogP contribution in [0.1, 0.15) is 45.8 Å². The molecule has 0 saturated heterocycles. The summed E-state index contributed by atoms with van der Waals surface area (Å²) in [5.41, 5.74) is 4.17. The topological polar surface area (TPSA) is 12.0 Å². The van der Waals surface area contributed by atoms with Crippen LogP contribution in [0.5, 0.6) is 0 Å². The van der Waals surface area contributed by atoms with E-state index in [0.29, 0.717) is 6.04 Å². The molecule has 1 heterocycles. The van der Waals surface area contributed by atoms with Crippen molar-refractivity contribution >= 4 is 11.3 Å². The molecule has 2 rings (SSSR count). The minimum Gasteiger partial charge on any atom is -0.309 e. The molecule has 2 aromatic rings. The lowest BCUT2D eigenvalue weighted by molar-refractivity contribution is 0.703. The van der Waals surface area contributed by atoms with Crippen molar-refractivity contribution in [2.45, 2.75) is 39.7 Å². The van der Waals surface area contributed by atoms with Crippen molar-refractivity contribution in [3.05, 3.63) is 56.8 Å². The second-order valence-corrected chi connectivity index (χ2v) is 6.39. The molecule has 0 aliphatic rings. The van der Waals surface area contributed by atoms with Crippen LogP contribution in [-0.4, -0.2) is 7.05 Å². The minimum absolute atomic E-state index is 0.313. The third kappa shape index (κ3) is 3.26. The highest BCUT2D eigenvalue weighted by atomic mass is 32.1. The molecule has 1 nitrogen and oxygen atoms in total. The highest BCUT2D eigenvalue weighted by molar-refractivity contribution is 7.12. The van der Waals surface area contributed by atoms with E-state index in [-0.39, 0.29) is 0 Å². The number of benzene rings is 1. The monoisotopic (exact) mass is 273 g/mol. The van der Waals surface area contributed by atoms with Crippen LogP contribution in [0, 0.1) is 13.8 Å². The van der Waals surface area contributed by atoms with Gasteiger partial charge in [0.2, 0.25) is 0 Å². The summed E-state index contributed by atoms with van der Waals surface area (Å²) >= 11 is 1.89. The third-order valence-electron chi connectivity index (χ3n) is 3.61. The van der Waals surface area contributed by atoms with E-state index in [9.17, 15) is 0 Å². The first-order valence-electron chi connectivity index (χ1n) is 6.98. The molecule has 19 heavy (non-hydrogen) atoms. The Balaban J connectivity index is 2.26. The maximum atomic E-state index is 3.44. The van der Waals surface area contributed by atoms with Gasteiger partial charge in [0.15, 0.2) is 0 Å². The van der Waals surface area contributed by atoms with Gasteiger partial charge in [-0.1, -0.05) is 37.6 Å². The zero-order valence-electron chi connectivity index (χ0n) is 12.3. The summed E-state index contributed by atoms with van der Waals surface area (Å²) < 4.78 is 0. The molecule has 1 aromatic carbocycles. The molecule has 0 spiro atoms. The van der Waals surface area contributed by atoms with Crippen molar-refractivity contribution in [2.75, 3.05) is 7.05 Å². The van der Waals surface area contributed by atoms with Crippen molar-refractivity contribution in [2.24, 2.45) is 0 Å². The first-order chi connectivity index (χ1) is 9.15. The van der Waals surface area contributed by atoms with Gasteiger partial charge in [-0.2, -0.15) is 0 Å². The Labute approximate surface area is 120 Å². The van der Waals surface area contributed by atoms with Crippen LogP contribution in [0.25, 0.3) is 0 Å². The largest absolute Gasteiger partial charge is 0.309 e. The molecule has 0 amide bonds. The molecule has 2 heteroatoms. The van der Waals surface area contributed by atoms with Gasteiger partial charge in [-0.3, -0.25) is 0 Å². The van der Waals surface area contributed by atoms with Gasteiger partial charge in [-0.15, -0.1) is 11.3 Å². The van der Waals surface area contributed by atoms with Gasteiger partial charge in [-0.25, -0.2) is 0 Å². The highest BCUT2D eigenvalue weighted by Crippen LogP contribution is 2.30. The Morgan fingerprint density at radius 3 is 2.32 bits per heavy atom. The van der Waals surface area contributed by atoms with Crippen LogP contribution in [0.2, 0.25) is 0 Å². The van der Waals surface area contributed by atoms with Gasteiger partial charge in [0.05, 0.1) is 6.04 Å². The van der Waals surface area contributed by atoms with Crippen LogP contribution >= 0.6 is 11.3 Å². The Hall–Kier alpha value is -1.12. The lowest BCUT2D eigenvalue weighted by Gasteiger charge is -2.15. The van der Waals surface area contributed by atoms with Crippen molar-refractivity contribution in [3.8, 4) is 0 Å². The van der Waals surface area contributed by atoms with Crippen molar-refractivity contribution < 1.29 is 0 Å². The van der Waals surface area contributed by atoms with Crippen molar-refractivity contribution in [1.29, 1.82) is 0 Å². The summed E-state index contributed by atoms with van der Waals surface area (Å²) in [5, 5.41) is 3.44. The molecule has 1 atom stereocenters. The first-order valence-corrected chi connectivity index (χ1v) is 7.80. The summed E-state index contributed by atoms with van der Waals surface area (Å²) in [6, 6.07) is 11.7. The molecule has 0 radical (unpaired) electrons. The maximum absolute atomic E-state index is 3.44. The smallest absolute Gasteiger partial charge is 0.0668 e. The molecule has 1 unspecified atom stereocenters. The van der Waals surface area contributed by atoms with Crippen molar-refractivity contribution in [1.82, 2.24) is 5.32 Å². The van der Waals surface area contributed by atoms with Gasteiger partial charge in [0.25, 0.3) is 0 Å². The molecular formula is C17H23NS. The summed E-state index contributed by atoms with van der Waals surface area (Å²) in [6.07, 6.45) is 2.37. The summed E-state index contributed by atoms with van der Waals surface area (Å²) in [5.74, 6) is 0. The first kappa shape index (κ1) is 14.3. The summed E-state index contributed by atoms with van der Waals surface area (Å²) in [6.45, 7) is 6.61. The second kappa shape index (κ2) is 6.36. The lowest BCUT2D eigenvalue weighted by atomic mass is 10.0. The zero-order chi connectivity index (χ0) is 13.8. The molecular weight excluding hydrogens is 250 g/mol. The van der Waals surface area contributed by atoms with Crippen LogP contribution < -0.4 is 5.32 Å². The van der Waals surface area contributed by atoms with E-state index in [2.05, 4.69) is 56.4 Å². The van der Waals surface area contributed by atoms with Gasteiger partial charge < -0.3 is 5.32 Å². The average molecular weight is 273 g/mol. The van der Waals surface area contributed by atoms with E-state index in [1.54, 1.807) is 0 Å². The average Bonchev–Trinajstić information content (AvgIpc) is 2.73. The quantitative estimate of drug-likeness (QED) is 0.837. The van der Waals surface area contributed by atoms with Gasteiger partial charge in [-0.05, 0) is 50.1 Å². The SMILES string of the molecule is CCCc1ccc(C(NC)c2cc(C)c(C)s2)cc1. The number of hydrogen-bond donors (Lipinski definition) is 1. The van der Waals surface area contributed by atoms with Crippen LogP contribution in [0.4, 0.5) is 0 Å². The minimum atomic E-state index is 0.313. The second-order valence-electron chi connectivity index (χ2n) is 5.10. The molecule has 1 aromatic heterocycles. The Bertz CT molecular complexity index is 505. The van der Waals surface area contributed by atoms with E-state index in [1.165, 1.54) is 39.3 Å². The molecule has 102 valence electrons. The number of aryl methyl sites for hydroxylation is 3. The summed E-state index contributed by atoms with van der Waals surface area (Å²) in [7, 11) is 2.04. The number of thiophene rings is 1. The van der Waals surface area contributed by atoms with Crippen LogP contribution in [0.3, 0.4) is 0 Å². The number of nitrogens with one attached hydrogen (secondary N) is 1. The fraction of sp³-hybridized carbons (Fsp3) is 0.412. The van der Waals surface area contributed by atoms with Gasteiger partial charge >= 0.3 is 0 Å². The molecule has 0 aliphatic heterocycles. The van der Waals surface area contributed by atoms with Gasteiger partial charge in [0, 0.05) is 9.75 Å². The number of hydrogen-bond acceptors (Lipinski definition) is 2. The molecule has 1 N–H and O–H groups in total. The fourth-order valence-electron chi connectivity index (χ4n) is 2.38. The molecule has 0 fully saturated rings. The van der Waals surface area contributed by atoms with Crippen LogP contribution in [-0.2, 0) is 6.42 Å². The Kier molecular flexibility index (Phi) is 4.78. The molecule has 0 bridgehead atoms. The maximum Gasteiger partial charge on any atom is 0.0668 e. The normalized spacial score (nSPS) is 12.6. The lowest BCUT2D eigenvalue weighted by Crippen LogP contribution is -2.16. The third-order valence-corrected chi connectivity index (χ3v) is 4.83. The molecule has 0 saturated carbocycles. The Morgan fingerprint density at radius 2 is 1.84 bits per heavy atom. The van der Waals surface area contributed by atoms with E-state index < -0.39 is 0 Å². The van der Waals surface area contributed by atoms with E-state index in [1.807, 2.05) is 18.4 Å². The van der Waals surface area contributed by atoms with Crippen molar-refractivity contribution in [3.63, 3.8) is 0 Å². The van der Waals surface area contributed by atoms with Crippen LogP contribution in [0.15, 0.2) is 30.3 Å². The van der Waals surface area contributed by atoms with E-state index in [4.69, 9.17) is 0 Å². The summed E-state index contributed by atoms with van der Waals surface area (Å²) in [4.78, 5) is 2.82. The predicted molar refractivity (Wildman–Crippen MR) is 85.1 cm³/mol. The van der Waals surface area contributed by atoms with Gasteiger partial charge in [0.1, 0.15) is 0 Å². The molecule has 0 aliphatic carbocycles. The highest BCUT2D eigenvalue weighted by Gasteiger charge is 2.15. The Morgan fingerprint density at radius 1 is 1.16 bits per heavy atom. The number of rotatable bonds is 5.